The minimum absolute atomic E-state index is 0.148. The molecule has 1 aromatic rings. The lowest BCUT2D eigenvalue weighted by atomic mass is 9.89. The number of halogens is 1. The van der Waals surface area contributed by atoms with Gasteiger partial charge in [0.2, 0.25) is 0 Å². The van der Waals surface area contributed by atoms with Gasteiger partial charge in [0.05, 0.1) is 6.61 Å². The van der Waals surface area contributed by atoms with E-state index in [1.54, 1.807) is 0 Å². The molecule has 0 amide bonds. The molecule has 0 saturated carbocycles. The van der Waals surface area contributed by atoms with Gasteiger partial charge < -0.3 is 9.84 Å². The van der Waals surface area contributed by atoms with Crippen LogP contribution in [0.2, 0.25) is 5.02 Å². The lowest BCUT2D eigenvalue weighted by Gasteiger charge is -2.35. The van der Waals surface area contributed by atoms with Crippen LogP contribution in [0.25, 0.3) is 0 Å². The van der Waals surface area contributed by atoms with Gasteiger partial charge in [0.15, 0.2) is 0 Å². The Morgan fingerprint density at radius 2 is 1.95 bits per heavy atom. The van der Waals surface area contributed by atoms with E-state index < -0.39 is 0 Å². The summed E-state index contributed by atoms with van der Waals surface area (Å²) in [4.78, 5) is 2.47. The molecule has 4 heteroatoms. The van der Waals surface area contributed by atoms with Gasteiger partial charge in [-0.2, -0.15) is 0 Å². The monoisotopic (exact) mass is 325 g/mol. The molecular weight excluding hydrogens is 298 g/mol. The molecular formula is C18H28ClNO2. The highest BCUT2D eigenvalue weighted by molar-refractivity contribution is 6.32. The standard InChI is InChI=1S/C18H28ClNO2/c1-5-22-15-10-12(2)17(19)14(4)16(15)18(13(3)11-21)20-8-6-7-9-20/h10,13,18,21H,5-9,11H2,1-4H3. The number of hydrogen-bond acceptors (Lipinski definition) is 3. The maximum Gasteiger partial charge on any atom is 0.124 e. The Balaban J connectivity index is 2.55. The molecule has 1 fully saturated rings. The Kier molecular flexibility index (Phi) is 6.13. The van der Waals surface area contributed by atoms with Crippen molar-refractivity contribution in [2.24, 2.45) is 5.92 Å². The van der Waals surface area contributed by atoms with Crippen molar-refractivity contribution in [3.8, 4) is 5.75 Å². The SMILES string of the molecule is CCOc1cc(C)c(Cl)c(C)c1C(C(C)CO)N1CCCC1. The zero-order valence-electron chi connectivity index (χ0n) is 14.2. The molecule has 2 rings (SSSR count). The first kappa shape index (κ1) is 17.6. The van der Waals surface area contributed by atoms with Crippen LogP contribution in [0.3, 0.4) is 0 Å². The van der Waals surface area contributed by atoms with E-state index in [-0.39, 0.29) is 18.6 Å². The van der Waals surface area contributed by atoms with E-state index in [4.69, 9.17) is 16.3 Å². The molecule has 0 spiro atoms. The molecule has 1 aliphatic heterocycles. The van der Waals surface area contributed by atoms with E-state index in [9.17, 15) is 5.11 Å². The summed E-state index contributed by atoms with van der Waals surface area (Å²) in [7, 11) is 0. The third-order valence-electron chi connectivity index (χ3n) is 4.65. The Hall–Kier alpha value is -0.770. The van der Waals surface area contributed by atoms with Crippen LogP contribution < -0.4 is 4.74 Å². The maximum absolute atomic E-state index is 9.76. The fourth-order valence-electron chi connectivity index (χ4n) is 3.53. The number of nitrogens with zero attached hydrogens (tertiary/aromatic N) is 1. The van der Waals surface area contributed by atoms with E-state index in [2.05, 4.69) is 18.7 Å². The minimum Gasteiger partial charge on any atom is -0.494 e. The van der Waals surface area contributed by atoms with Crippen molar-refractivity contribution < 1.29 is 9.84 Å². The van der Waals surface area contributed by atoms with Crippen LogP contribution in [0.15, 0.2) is 6.07 Å². The van der Waals surface area contributed by atoms with Crippen molar-refractivity contribution in [2.45, 2.75) is 46.6 Å². The summed E-state index contributed by atoms with van der Waals surface area (Å²) in [5.74, 6) is 1.06. The van der Waals surface area contributed by atoms with Gasteiger partial charge in [0.25, 0.3) is 0 Å². The highest BCUT2D eigenvalue weighted by Gasteiger charge is 2.32. The Morgan fingerprint density at radius 1 is 1.32 bits per heavy atom. The summed E-state index contributed by atoms with van der Waals surface area (Å²) >= 11 is 6.52. The van der Waals surface area contributed by atoms with Gasteiger partial charge >= 0.3 is 0 Å². The van der Waals surface area contributed by atoms with Crippen LogP contribution in [0.4, 0.5) is 0 Å². The van der Waals surface area contributed by atoms with Gasteiger partial charge in [-0.15, -0.1) is 0 Å². The predicted octanol–water partition coefficient (Wildman–Crippen LogP) is 4.12. The number of ether oxygens (including phenoxy) is 1. The molecule has 1 aliphatic rings. The summed E-state index contributed by atoms with van der Waals surface area (Å²) in [6.07, 6.45) is 2.44. The number of benzene rings is 1. The molecule has 1 aromatic carbocycles. The Bertz CT molecular complexity index is 512. The van der Waals surface area contributed by atoms with Crippen LogP contribution in [0.5, 0.6) is 5.75 Å². The van der Waals surface area contributed by atoms with Gasteiger partial charge in [-0.05, 0) is 69.8 Å². The first-order chi connectivity index (χ1) is 10.5. The smallest absolute Gasteiger partial charge is 0.124 e. The molecule has 0 bridgehead atoms. The van der Waals surface area contributed by atoms with E-state index in [1.165, 1.54) is 12.8 Å². The largest absolute Gasteiger partial charge is 0.494 e. The molecule has 0 aliphatic carbocycles. The quantitative estimate of drug-likeness (QED) is 0.854. The second-order valence-corrected chi connectivity index (χ2v) is 6.70. The van der Waals surface area contributed by atoms with Crippen LogP contribution >= 0.6 is 11.6 Å². The summed E-state index contributed by atoms with van der Waals surface area (Å²) in [5.41, 5.74) is 3.28. The molecule has 22 heavy (non-hydrogen) atoms. The predicted molar refractivity (Wildman–Crippen MR) is 91.9 cm³/mol. The van der Waals surface area contributed by atoms with E-state index >= 15 is 0 Å². The van der Waals surface area contributed by atoms with Crippen LogP contribution in [-0.4, -0.2) is 36.3 Å². The van der Waals surface area contributed by atoms with Gasteiger partial charge in [-0.1, -0.05) is 18.5 Å². The number of hydrogen-bond donors (Lipinski definition) is 1. The zero-order chi connectivity index (χ0) is 16.3. The third-order valence-corrected chi connectivity index (χ3v) is 5.23. The summed E-state index contributed by atoms with van der Waals surface area (Å²) in [6, 6.07) is 2.20. The molecule has 2 atom stereocenters. The second-order valence-electron chi connectivity index (χ2n) is 6.33. The van der Waals surface area contributed by atoms with Gasteiger partial charge in [0, 0.05) is 23.2 Å². The van der Waals surface area contributed by atoms with Crippen molar-refractivity contribution >= 4 is 11.6 Å². The fraction of sp³-hybridized carbons (Fsp3) is 0.667. The number of rotatable bonds is 6. The topological polar surface area (TPSA) is 32.7 Å². The lowest BCUT2D eigenvalue weighted by Crippen LogP contribution is -2.33. The molecule has 1 saturated heterocycles. The first-order valence-corrected chi connectivity index (χ1v) is 8.66. The van der Waals surface area contributed by atoms with Gasteiger partial charge in [-0.3, -0.25) is 4.90 Å². The first-order valence-electron chi connectivity index (χ1n) is 8.28. The molecule has 0 radical (unpaired) electrons. The number of aryl methyl sites for hydroxylation is 1. The van der Waals surface area contributed by atoms with Crippen LogP contribution in [-0.2, 0) is 0 Å². The van der Waals surface area contributed by atoms with E-state index in [0.717, 1.165) is 40.6 Å². The number of likely N-dealkylation sites (tertiary alicyclic amines) is 1. The fourth-order valence-corrected chi connectivity index (χ4v) is 3.68. The third kappa shape index (κ3) is 3.42. The van der Waals surface area contributed by atoms with Crippen molar-refractivity contribution in [1.82, 2.24) is 4.90 Å². The Labute approximate surface area is 139 Å². The van der Waals surface area contributed by atoms with Gasteiger partial charge in [0.1, 0.15) is 5.75 Å². The summed E-state index contributed by atoms with van der Waals surface area (Å²) < 4.78 is 5.92. The highest BCUT2D eigenvalue weighted by Crippen LogP contribution is 2.42. The molecule has 2 unspecified atom stereocenters. The molecule has 0 aromatic heterocycles. The maximum atomic E-state index is 9.76. The normalized spacial score (nSPS) is 18.5. The molecule has 124 valence electrons. The van der Waals surface area contributed by atoms with Crippen molar-refractivity contribution in [3.05, 3.63) is 27.8 Å². The van der Waals surface area contributed by atoms with Crippen LogP contribution in [0, 0.1) is 19.8 Å². The molecule has 1 N–H and O–H groups in total. The minimum atomic E-state index is 0.148. The molecule has 3 nitrogen and oxygen atoms in total. The van der Waals surface area contributed by atoms with E-state index in [0.29, 0.717) is 6.61 Å². The van der Waals surface area contributed by atoms with Crippen LogP contribution in [0.1, 0.15) is 49.4 Å². The number of aliphatic hydroxyl groups is 1. The highest BCUT2D eigenvalue weighted by atomic mass is 35.5. The average Bonchev–Trinajstić information content (AvgIpc) is 3.02. The van der Waals surface area contributed by atoms with Crippen molar-refractivity contribution in [3.63, 3.8) is 0 Å². The van der Waals surface area contributed by atoms with Gasteiger partial charge in [-0.25, -0.2) is 0 Å². The van der Waals surface area contributed by atoms with E-state index in [1.807, 2.05) is 19.9 Å². The molecule has 1 heterocycles. The Morgan fingerprint density at radius 3 is 2.50 bits per heavy atom. The second kappa shape index (κ2) is 7.67. The average molecular weight is 326 g/mol. The summed E-state index contributed by atoms with van der Waals surface area (Å²) in [6.45, 7) is 11.1. The number of aliphatic hydroxyl groups excluding tert-OH is 1. The zero-order valence-corrected chi connectivity index (χ0v) is 14.9. The summed E-state index contributed by atoms with van der Waals surface area (Å²) in [5, 5.41) is 10.6. The van der Waals surface area contributed by atoms with Crippen molar-refractivity contribution in [1.29, 1.82) is 0 Å². The lowest BCUT2D eigenvalue weighted by molar-refractivity contribution is 0.122. The van der Waals surface area contributed by atoms with Crippen molar-refractivity contribution in [2.75, 3.05) is 26.3 Å².